The van der Waals surface area contributed by atoms with Gasteiger partial charge in [0.15, 0.2) is 0 Å². The molecule has 2 aromatic heterocycles. The maximum Gasteiger partial charge on any atom is 0.148 e. The highest BCUT2D eigenvalue weighted by Gasteiger charge is 2.09. The average Bonchev–Trinajstić information content (AvgIpc) is 2.80. The van der Waals surface area contributed by atoms with Crippen LogP contribution in [0, 0.1) is 12.7 Å². The fourth-order valence-electron chi connectivity index (χ4n) is 2.06. The van der Waals surface area contributed by atoms with Gasteiger partial charge in [0.05, 0.1) is 11.4 Å². The summed E-state index contributed by atoms with van der Waals surface area (Å²) in [5, 5.41) is 6.90. The number of benzene rings is 1. The Kier molecular flexibility index (Phi) is 2.95. The summed E-state index contributed by atoms with van der Waals surface area (Å²) in [6, 6.07) is 10.1. The lowest BCUT2D eigenvalue weighted by molar-refractivity contribution is 0.628. The van der Waals surface area contributed by atoms with E-state index in [1.807, 2.05) is 19.1 Å². The summed E-state index contributed by atoms with van der Waals surface area (Å²) in [7, 11) is 0. The molecule has 0 atom stereocenters. The van der Waals surface area contributed by atoms with Gasteiger partial charge in [-0.1, -0.05) is 0 Å². The fraction of sp³-hybridized carbons (Fsp3) is 0.0667. The summed E-state index contributed by atoms with van der Waals surface area (Å²) < 4.78 is 13.0. The largest absolute Gasteiger partial charge is 0.382 e. The number of anilines is 1. The van der Waals surface area contributed by atoms with Crippen molar-refractivity contribution in [2.24, 2.45) is 0 Å². The number of hydrogen-bond donors (Lipinski definition) is 2. The second kappa shape index (κ2) is 4.77. The Labute approximate surface area is 115 Å². The van der Waals surface area contributed by atoms with Crippen LogP contribution in [0.1, 0.15) is 5.56 Å². The van der Waals surface area contributed by atoms with Crippen molar-refractivity contribution in [3.63, 3.8) is 0 Å². The van der Waals surface area contributed by atoms with Crippen molar-refractivity contribution in [2.45, 2.75) is 6.92 Å². The number of halogens is 1. The average molecular weight is 268 g/mol. The highest BCUT2D eigenvalue weighted by Crippen LogP contribution is 2.27. The first kappa shape index (κ1) is 12.3. The van der Waals surface area contributed by atoms with Gasteiger partial charge >= 0.3 is 0 Å². The van der Waals surface area contributed by atoms with E-state index >= 15 is 0 Å². The second-order valence-electron chi connectivity index (χ2n) is 4.55. The maximum absolute atomic E-state index is 13.0. The van der Waals surface area contributed by atoms with Gasteiger partial charge in [0.2, 0.25) is 0 Å². The van der Waals surface area contributed by atoms with Gasteiger partial charge in [-0.2, -0.15) is 5.10 Å². The van der Waals surface area contributed by atoms with Crippen LogP contribution in [0.25, 0.3) is 22.5 Å². The molecular formula is C15H13FN4. The van der Waals surface area contributed by atoms with Crippen LogP contribution in [0.4, 0.5) is 10.2 Å². The predicted octanol–water partition coefficient (Wildman–Crippen LogP) is 3.17. The lowest BCUT2D eigenvalue weighted by Gasteiger charge is -2.04. The van der Waals surface area contributed by atoms with Gasteiger partial charge in [-0.15, -0.1) is 0 Å². The number of nitrogen functional groups attached to an aromatic ring is 1. The Hall–Kier alpha value is -2.69. The van der Waals surface area contributed by atoms with Crippen LogP contribution >= 0.6 is 0 Å². The van der Waals surface area contributed by atoms with E-state index in [1.165, 1.54) is 12.1 Å². The van der Waals surface area contributed by atoms with E-state index in [0.717, 1.165) is 28.1 Å². The van der Waals surface area contributed by atoms with Crippen LogP contribution in [0.5, 0.6) is 0 Å². The number of rotatable bonds is 2. The van der Waals surface area contributed by atoms with Crippen molar-refractivity contribution in [3.8, 4) is 22.5 Å². The minimum absolute atomic E-state index is 0.262. The molecule has 0 aliphatic rings. The molecule has 100 valence electrons. The van der Waals surface area contributed by atoms with E-state index in [9.17, 15) is 4.39 Å². The molecule has 0 bridgehead atoms. The third-order valence-corrected chi connectivity index (χ3v) is 3.24. The number of nitrogens with zero attached hydrogens (tertiary/aromatic N) is 2. The Morgan fingerprint density at radius 2 is 1.85 bits per heavy atom. The number of pyridine rings is 1. The predicted molar refractivity (Wildman–Crippen MR) is 76.4 cm³/mol. The monoisotopic (exact) mass is 268 g/mol. The van der Waals surface area contributed by atoms with Gasteiger partial charge in [0.1, 0.15) is 11.6 Å². The lowest BCUT2D eigenvalue weighted by atomic mass is 10.1. The lowest BCUT2D eigenvalue weighted by Crippen LogP contribution is -1.88. The molecule has 0 spiro atoms. The zero-order valence-electron chi connectivity index (χ0n) is 10.9. The topological polar surface area (TPSA) is 67.6 Å². The zero-order chi connectivity index (χ0) is 14.1. The summed E-state index contributed by atoms with van der Waals surface area (Å²) in [5.74, 6) is 0.224. The number of nitrogens with one attached hydrogen (secondary N) is 1. The minimum Gasteiger partial charge on any atom is -0.382 e. The molecule has 20 heavy (non-hydrogen) atoms. The molecule has 3 rings (SSSR count). The van der Waals surface area contributed by atoms with E-state index in [2.05, 4.69) is 15.2 Å². The highest BCUT2D eigenvalue weighted by molar-refractivity contribution is 5.72. The summed E-state index contributed by atoms with van der Waals surface area (Å²) in [6.45, 7) is 1.91. The number of H-pyrrole nitrogens is 1. The summed E-state index contributed by atoms with van der Waals surface area (Å²) in [4.78, 5) is 4.31. The number of aromatic amines is 1. The molecule has 0 aliphatic heterocycles. The van der Waals surface area contributed by atoms with Crippen molar-refractivity contribution in [3.05, 3.63) is 54.0 Å². The molecule has 4 nitrogen and oxygen atoms in total. The van der Waals surface area contributed by atoms with E-state index in [-0.39, 0.29) is 5.82 Å². The van der Waals surface area contributed by atoms with E-state index in [1.54, 1.807) is 18.3 Å². The smallest absolute Gasteiger partial charge is 0.148 e. The van der Waals surface area contributed by atoms with Gasteiger partial charge in [-0.3, -0.25) is 10.1 Å². The quantitative estimate of drug-likeness (QED) is 0.750. The molecule has 0 radical (unpaired) electrons. The van der Waals surface area contributed by atoms with Gasteiger partial charge in [0.25, 0.3) is 0 Å². The van der Waals surface area contributed by atoms with Crippen molar-refractivity contribution in [2.75, 3.05) is 5.73 Å². The van der Waals surface area contributed by atoms with Crippen LogP contribution in [-0.4, -0.2) is 15.2 Å². The molecule has 2 heterocycles. The van der Waals surface area contributed by atoms with Gasteiger partial charge in [-0.25, -0.2) is 4.39 Å². The van der Waals surface area contributed by atoms with Crippen LogP contribution < -0.4 is 5.73 Å². The molecule has 3 N–H and O–H groups in total. The Morgan fingerprint density at radius 1 is 1.10 bits per heavy atom. The van der Waals surface area contributed by atoms with Crippen molar-refractivity contribution in [1.29, 1.82) is 0 Å². The first-order valence-electron chi connectivity index (χ1n) is 6.18. The SMILES string of the molecule is Cc1c(N)n[nH]c1-c1ccnc(-c2ccc(F)cc2)c1. The summed E-state index contributed by atoms with van der Waals surface area (Å²) in [5.41, 5.74) is 10.1. The molecule has 0 unspecified atom stereocenters. The number of aromatic nitrogens is 3. The van der Waals surface area contributed by atoms with E-state index in [0.29, 0.717) is 5.82 Å². The van der Waals surface area contributed by atoms with Crippen LogP contribution in [-0.2, 0) is 0 Å². The van der Waals surface area contributed by atoms with Crippen LogP contribution in [0.15, 0.2) is 42.6 Å². The van der Waals surface area contributed by atoms with Crippen LogP contribution in [0.3, 0.4) is 0 Å². The first-order chi connectivity index (χ1) is 9.65. The van der Waals surface area contributed by atoms with Gasteiger partial charge < -0.3 is 5.73 Å². The van der Waals surface area contributed by atoms with Gasteiger partial charge in [0, 0.05) is 22.9 Å². The molecule has 1 aromatic carbocycles. The Balaban J connectivity index is 2.06. The molecule has 0 fully saturated rings. The molecular weight excluding hydrogens is 255 g/mol. The number of hydrogen-bond acceptors (Lipinski definition) is 3. The third-order valence-electron chi connectivity index (χ3n) is 3.24. The van der Waals surface area contributed by atoms with Crippen molar-refractivity contribution in [1.82, 2.24) is 15.2 Å². The number of nitrogens with two attached hydrogens (primary N) is 1. The standard InChI is InChI=1S/C15H13FN4/c1-9-14(19-20-15(9)17)11-6-7-18-13(8-11)10-2-4-12(16)5-3-10/h2-8H,1H3,(H3,17,19,20). The fourth-order valence-corrected chi connectivity index (χ4v) is 2.06. The van der Waals surface area contributed by atoms with Crippen LogP contribution in [0.2, 0.25) is 0 Å². The summed E-state index contributed by atoms with van der Waals surface area (Å²) >= 11 is 0. The second-order valence-corrected chi connectivity index (χ2v) is 4.55. The highest BCUT2D eigenvalue weighted by atomic mass is 19.1. The molecule has 0 saturated carbocycles. The summed E-state index contributed by atoms with van der Waals surface area (Å²) in [6.07, 6.45) is 1.71. The first-order valence-corrected chi connectivity index (χ1v) is 6.18. The third kappa shape index (κ3) is 2.14. The van der Waals surface area contributed by atoms with Gasteiger partial charge in [-0.05, 0) is 43.3 Å². The zero-order valence-corrected chi connectivity index (χ0v) is 10.9. The molecule has 0 aliphatic carbocycles. The van der Waals surface area contributed by atoms with Crippen molar-refractivity contribution < 1.29 is 4.39 Å². The Morgan fingerprint density at radius 3 is 2.50 bits per heavy atom. The molecule has 0 amide bonds. The molecule has 3 aromatic rings. The molecule has 5 heteroatoms. The van der Waals surface area contributed by atoms with E-state index in [4.69, 9.17) is 5.73 Å². The minimum atomic E-state index is -0.262. The Bertz CT molecular complexity index is 747. The van der Waals surface area contributed by atoms with Crippen molar-refractivity contribution >= 4 is 5.82 Å². The maximum atomic E-state index is 13.0. The normalized spacial score (nSPS) is 10.7. The molecule has 0 saturated heterocycles. The van der Waals surface area contributed by atoms with E-state index < -0.39 is 0 Å².